The molecule has 0 unspecified atom stereocenters. The molecule has 0 heterocycles. The Morgan fingerprint density at radius 3 is 2.45 bits per heavy atom. The third kappa shape index (κ3) is 2.13. The van der Waals surface area contributed by atoms with Crippen LogP contribution in [0.4, 0.5) is 0 Å². The number of fused-ring (bicyclic) bond motifs is 1. The molecule has 0 bridgehead atoms. The van der Waals surface area contributed by atoms with Crippen molar-refractivity contribution in [1.29, 1.82) is 0 Å². The first kappa shape index (κ1) is 14.2. The van der Waals surface area contributed by atoms with E-state index in [0.717, 1.165) is 11.1 Å². The van der Waals surface area contributed by atoms with Gasteiger partial charge in [0.2, 0.25) is 5.75 Å². The number of aromatic hydroxyl groups is 2. The van der Waals surface area contributed by atoms with Gasteiger partial charge in [0.05, 0.1) is 12.7 Å². The predicted octanol–water partition coefficient (Wildman–Crippen LogP) is 3.24. The minimum Gasteiger partial charge on any atom is -0.504 e. The summed E-state index contributed by atoms with van der Waals surface area (Å²) in [6, 6.07) is 9.12. The summed E-state index contributed by atoms with van der Waals surface area (Å²) in [5.74, 6) is -0.808. The molecule has 0 spiro atoms. The second-order valence-electron chi connectivity index (χ2n) is 5.33. The number of hydrogen-bond acceptors (Lipinski definition) is 4. The molecule has 1 aliphatic rings. The van der Waals surface area contributed by atoms with Gasteiger partial charge in [-0.3, -0.25) is 4.79 Å². The van der Waals surface area contributed by atoms with Crippen LogP contribution in [0.2, 0.25) is 0 Å². The molecule has 0 saturated carbocycles. The van der Waals surface area contributed by atoms with E-state index in [4.69, 9.17) is 4.74 Å². The van der Waals surface area contributed by atoms with E-state index in [0.29, 0.717) is 17.6 Å². The van der Waals surface area contributed by atoms with Crippen LogP contribution in [0.25, 0.3) is 5.57 Å². The van der Waals surface area contributed by atoms with Gasteiger partial charge in [-0.2, -0.15) is 0 Å². The second kappa shape index (κ2) is 5.22. The highest BCUT2D eigenvalue weighted by Gasteiger charge is 2.28. The van der Waals surface area contributed by atoms with Gasteiger partial charge in [0.25, 0.3) is 0 Å². The van der Waals surface area contributed by atoms with Crippen molar-refractivity contribution in [2.45, 2.75) is 13.3 Å². The molecule has 1 aliphatic carbocycles. The monoisotopic (exact) mass is 296 g/mol. The van der Waals surface area contributed by atoms with Crippen LogP contribution in [0.5, 0.6) is 17.2 Å². The first-order valence-electron chi connectivity index (χ1n) is 6.96. The summed E-state index contributed by atoms with van der Waals surface area (Å²) >= 11 is 0. The molecule has 0 atom stereocenters. The van der Waals surface area contributed by atoms with Crippen LogP contribution in [0.15, 0.2) is 36.4 Å². The first-order chi connectivity index (χ1) is 10.5. The zero-order chi connectivity index (χ0) is 15.9. The van der Waals surface area contributed by atoms with Crippen molar-refractivity contribution < 1.29 is 19.7 Å². The molecule has 3 rings (SSSR count). The average Bonchev–Trinajstić information content (AvgIpc) is 2.49. The van der Waals surface area contributed by atoms with Crippen LogP contribution in [0.1, 0.15) is 27.0 Å². The van der Waals surface area contributed by atoms with Gasteiger partial charge in [0, 0.05) is 5.57 Å². The Balaban J connectivity index is 2.11. The molecule has 2 aromatic carbocycles. The number of ketones is 1. The topological polar surface area (TPSA) is 66.8 Å². The van der Waals surface area contributed by atoms with E-state index in [9.17, 15) is 15.0 Å². The van der Waals surface area contributed by atoms with Crippen molar-refractivity contribution in [3.8, 4) is 17.2 Å². The molecule has 0 radical (unpaired) electrons. The number of rotatable bonds is 2. The van der Waals surface area contributed by atoms with Gasteiger partial charge in [0.15, 0.2) is 17.3 Å². The normalized spacial score (nSPS) is 13.5. The van der Waals surface area contributed by atoms with Crippen LogP contribution >= 0.6 is 0 Å². The maximum absolute atomic E-state index is 12.7. The van der Waals surface area contributed by atoms with Crippen LogP contribution < -0.4 is 4.74 Å². The van der Waals surface area contributed by atoms with E-state index in [1.807, 2.05) is 37.3 Å². The molecular weight excluding hydrogens is 280 g/mol. The predicted molar refractivity (Wildman–Crippen MR) is 83.5 cm³/mol. The lowest BCUT2D eigenvalue weighted by atomic mass is 9.86. The molecule has 0 amide bonds. The third-order valence-corrected chi connectivity index (χ3v) is 3.88. The number of phenolic OH excluding ortho intramolecular Hbond substituents is 2. The Bertz CT molecular complexity index is 786. The highest BCUT2D eigenvalue weighted by Crippen LogP contribution is 2.44. The SMILES string of the molecule is COc1c(O)cc2c(c1O)C(=O)C(c1ccc(C)cc1)=CC2. The van der Waals surface area contributed by atoms with Crippen molar-refractivity contribution >= 4 is 11.4 Å². The first-order valence-corrected chi connectivity index (χ1v) is 6.96. The van der Waals surface area contributed by atoms with Gasteiger partial charge in [0.1, 0.15) is 0 Å². The van der Waals surface area contributed by atoms with Crippen molar-refractivity contribution in [1.82, 2.24) is 0 Å². The second-order valence-corrected chi connectivity index (χ2v) is 5.33. The maximum atomic E-state index is 12.7. The van der Waals surface area contributed by atoms with Gasteiger partial charge < -0.3 is 14.9 Å². The quantitative estimate of drug-likeness (QED) is 0.893. The van der Waals surface area contributed by atoms with Crippen molar-refractivity contribution in [2.24, 2.45) is 0 Å². The van der Waals surface area contributed by atoms with Crippen LogP contribution in [-0.4, -0.2) is 23.1 Å². The van der Waals surface area contributed by atoms with Crippen molar-refractivity contribution in [3.05, 3.63) is 58.7 Å². The lowest BCUT2D eigenvalue weighted by molar-refractivity contribution is 0.105. The van der Waals surface area contributed by atoms with Gasteiger partial charge >= 0.3 is 0 Å². The molecular formula is C18H16O4. The smallest absolute Gasteiger partial charge is 0.203 e. The number of benzene rings is 2. The minimum absolute atomic E-state index is 0.0720. The summed E-state index contributed by atoms with van der Waals surface area (Å²) < 4.78 is 4.98. The highest BCUT2D eigenvalue weighted by molar-refractivity contribution is 6.31. The Labute approximate surface area is 128 Å². The number of allylic oxidation sites excluding steroid dienone is 2. The number of Topliss-reactive ketones (excluding diaryl/α,β-unsaturated/α-hetero) is 1. The molecule has 4 heteroatoms. The Morgan fingerprint density at radius 2 is 1.82 bits per heavy atom. The van der Waals surface area contributed by atoms with E-state index in [1.165, 1.54) is 13.2 Å². The van der Waals surface area contributed by atoms with Crippen molar-refractivity contribution in [3.63, 3.8) is 0 Å². The fraction of sp³-hybridized carbons (Fsp3) is 0.167. The molecule has 112 valence electrons. The van der Waals surface area contributed by atoms with Gasteiger partial charge in [-0.1, -0.05) is 35.9 Å². The van der Waals surface area contributed by atoms with Crippen molar-refractivity contribution in [2.75, 3.05) is 7.11 Å². The van der Waals surface area contributed by atoms with Crippen LogP contribution in [0, 0.1) is 6.92 Å². The number of ether oxygens (including phenoxy) is 1. The lowest BCUT2D eigenvalue weighted by Crippen LogP contribution is -2.12. The summed E-state index contributed by atoms with van der Waals surface area (Å²) in [4.78, 5) is 12.7. The number of hydrogen-bond donors (Lipinski definition) is 2. The van der Waals surface area contributed by atoms with Gasteiger partial charge in [-0.25, -0.2) is 0 Å². The largest absolute Gasteiger partial charge is 0.504 e. The molecule has 0 fully saturated rings. The van der Waals surface area contributed by atoms with E-state index in [2.05, 4.69) is 0 Å². The molecule has 2 aromatic rings. The Hall–Kier alpha value is -2.75. The summed E-state index contributed by atoms with van der Waals surface area (Å²) in [5, 5.41) is 20.1. The van der Waals surface area contributed by atoms with E-state index in [-0.39, 0.29) is 28.6 Å². The minimum atomic E-state index is -0.305. The van der Waals surface area contributed by atoms with E-state index in [1.54, 1.807) is 0 Å². The maximum Gasteiger partial charge on any atom is 0.203 e. The van der Waals surface area contributed by atoms with E-state index >= 15 is 0 Å². The van der Waals surface area contributed by atoms with Gasteiger partial charge in [-0.15, -0.1) is 0 Å². The van der Waals surface area contributed by atoms with E-state index < -0.39 is 0 Å². The molecule has 0 aliphatic heterocycles. The molecule has 0 aromatic heterocycles. The molecule has 4 nitrogen and oxygen atoms in total. The molecule has 22 heavy (non-hydrogen) atoms. The number of carbonyl (C=O) groups is 1. The van der Waals surface area contributed by atoms with Gasteiger partial charge in [-0.05, 0) is 30.5 Å². The Morgan fingerprint density at radius 1 is 1.14 bits per heavy atom. The fourth-order valence-electron chi connectivity index (χ4n) is 2.73. The zero-order valence-electron chi connectivity index (χ0n) is 12.4. The van der Waals surface area contributed by atoms with Crippen LogP contribution in [-0.2, 0) is 6.42 Å². The number of methoxy groups -OCH3 is 1. The molecule has 0 saturated heterocycles. The summed E-state index contributed by atoms with van der Waals surface area (Å²) in [6.45, 7) is 1.98. The standard InChI is InChI=1S/C18H16O4/c1-10-3-5-11(6-4-10)13-8-7-12-9-14(19)18(22-2)17(21)15(12)16(13)20/h3-6,8-9,19,21H,7H2,1-2H3. The lowest BCUT2D eigenvalue weighted by Gasteiger charge is -2.19. The zero-order valence-corrected chi connectivity index (χ0v) is 12.4. The summed E-state index contributed by atoms with van der Waals surface area (Å²) in [7, 11) is 1.34. The molecule has 2 N–H and O–H groups in total. The average molecular weight is 296 g/mol. The number of phenols is 2. The number of carbonyl (C=O) groups excluding carboxylic acids is 1. The third-order valence-electron chi connectivity index (χ3n) is 3.88. The summed E-state index contributed by atoms with van der Waals surface area (Å²) in [6.07, 6.45) is 2.29. The summed E-state index contributed by atoms with van der Waals surface area (Å²) in [5.41, 5.74) is 3.27. The fourth-order valence-corrected chi connectivity index (χ4v) is 2.73. The highest BCUT2D eigenvalue weighted by atomic mass is 16.5. The number of aryl methyl sites for hydroxylation is 1. The Kier molecular flexibility index (Phi) is 3.37. The van der Waals surface area contributed by atoms with Crippen LogP contribution in [0.3, 0.4) is 0 Å².